The Bertz CT molecular complexity index is 552. The third kappa shape index (κ3) is 3.42. The molecule has 20 heavy (non-hydrogen) atoms. The summed E-state index contributed by atoms with van der Waals surface area (Å²) in [6.45, 7) is 4.22. The van der Waals surface area contributed by atoms with Gasteiger partial charge in [-0.1, -0.05) is 6.07 Å². The van der Waals surface area contributed by atoms with Crippen LogP contribution in [0.15, 0.2) is 36.9 Å². The molecule has 0 saturated heterocycles. The minimum atomic E-state index is -0.0890. The van der Waals surface area contributed by atoms with Crippen LogP contribution in [0.4, 0.5) is 0 Å². The maximum absolute atomic E-state index is 12.4. The van der Waals surface area contributed by atoms with E-state index in [1.165, 1.54) is 0 Å². The highest BCUT2D eigenvalue weighted by molar-refractivity contribution is 5.92. The van der Waals surface area contributed by atoms with E-state index in [2.05, 4.69) is 9.97 Å². The monoisotopic (exact) mass is 273 g/mol. The highest BCUT2D eigenvalue weighted by Crippen LogP contribution is 2.07. The lowest BCUT2D eigenvalue weighted by Crippen LogP contribution is -2.30. The fraction of sp³-hybridized carbons (Fsp3) is 0.357. The lowest BCUT2D eigenvalue weighted by molar-refractivity contribution is 0.0745. The van der Waals surface area contributed by atoms with Gasteiger partial charge >= 0.3 is 0 Å². The predicted octanol–water partition coefficient (Wildman–Crippen LogP) is 0.899. The van der Waals surface area contributed by atoms with Crippen LogP contribution >= 0.6 is 0 Å². The number of hydrogen-bond acceptors (Lipinski definition) is 4. The van der Waals surface area contributed by atoms with Gasteiger partial charge in [0.05, 0.1) is 18.6 Å². The fourth-order valence-electron chi connectivity index (χ4n) is 1.92. The molecule has 6 nitrogen and oxygen atoms in total. The van der Waals surface area contributed by atoms with E-state index >= 15 is 0 Å². The summed E-state index contributed by atoms with van der Waals surface area (Å²) >= 11 is 0. The summed E-state index contributed by atoms with van der Waals surface area (Å²) < 4.78 is 1.82. The quantitative estimate of drug-likeness (QED) is 0.848. The molecule has 0 fully saturated rings. The standard InChI is InChI=1S/C14H19N5O/c1-2-19(9-12-5-3-4-7-16-12)14(20)13-10-18(8-6-15)11-17-13/h3-5,7,10-11H,2,6,8-9,15H2,1H3. The lowest BCUT2D eigenvalue weighted by atomic mass is 10.3. The van der Waals surface area contributed by atoms with E-state index in [9.17, 15) is 4.79 Å². The Morgan fingerprint density at radius 1 is 1.40 bits per heavy atom. The van der Waals surface area contributed by atoms with E-state index in [0.717, 1.165) is 5.69 Å². The Balaban J connectivity index is 2.08. The molecule has 0 saturated carbocycles. The zero-order valence-corrected chi connectivity index (χ0v) is 11.6. The molecule has 0 unspecified atom stereocenters. The van der Waals surface area contributed by atoms with Crippen molar-refractivity contribution in [3.63, 3.8) is 0 Å². The number of amides is 1. The first kappa shape index (κ1) is 14.2. The van der Waals surface area contributed by atoms with Gasteiger partial charge in [0.25, 0.3) is 5.91 Å². The van der Waals surface area contributed by atoms with Crippen molar-refractivity contribution in [2.24, 2.45) is 5.73 Å². The molecule has 0 bridgehead atoms. The van der Waals surface area contributed by atoms with Gasteiger partial charge in [-0.3, -0.25) is 9.78 Å². The number of hydrogen-bond donors (Lipinski definition) is 1. The van der Waals surface area contributed by atoms with Gasteiger partial charge in [-0.15, -0.1) is 0 Å². The zero-order valence-electron chi connectivity index (χ0n) is 11.6. The molecular formula is C14H19N5O. The smallest absolute Gasteiger partial charge is 0.274 e. The van der Waals surface area contributed by atoms with E-state index in [1.54, 1.807) is 23.6 Å². The van der Waals surface area contributed by atoms with E-state index < -0.39 is 0 Å². The molecule has 2 aromatic rings. The van der Waals surface area contributed by atoms with Gasteiger partial charge in [-0.2, -0.15) is 0 Å². The number of nitrogens with zero attached hydrogens (tertiary/aromatic N) is 4. The molecule has 6 heteroatoms. The molecule has 1 amide bonds. The summed E-state index contributed by atoms with van der Waals surface area (Å²) in [5.74, 6) is -0.0890. The molecule has 0 aromatic carbocycles. The summed E-state index contributed by atoms with van der Waals surface area (Å²) in [6, 6.07) is 5.68. The van der Waals surface area contributed by atoms with Crippen molar-refractivity contribution in [2.75, 3.05) is 13.1 Å². The van der Waals surface area contributed by atoms with Crippen LogP contribution in [0.2, 0.25) is 0 Å². The second-order valence-electron chi connectivity index (χ2n) is 4.43. The first-order valence-electron chi connectivity index (χ1n) is 6.65. The Morgan fingerprint density at radius 3 is 2.90 bits per heavy atom. The number of carbonyl (C=O) groups is 1. The number of imidazole rings is 1. The third-order valence-electron chi connectivity index (χ3n) is 2.99. The number of carbonyl (C=O) groups excluding carboxylic acids is 1. The van der Waals surface area contributed by atoms with Gasteiger partial charge in [-0.25, -0.2) is 4.98 Å². The fourth-order valence-corrected chi connectivity index (χ4v) is 1.92. The molecule has 0 radical (unpaired) electrons. The van der Waals surface area contributed by atoms with Gasteiger partial charge in [-0.05, 0) is 19.1 Å². The molecule has 2 rings (SSSR count). The number of rotatable bonds is 6. The first-order chi connectivity index (χ1) is 9.74. The van der Waals surface area contributed by atoms with Gasteiger partial charge in [0, 0.05) is 32.0 Å². The van der Waals surface area contributed by atoms with Gasteiger partial charge in [0.1, 0.15) is 5.69 Å². The van der Waals surface area contributed by atoms with Crippen LogP contribution in [-0.2, 0) is 13.1 Å². The third-order valence-corrected chi connectivity index (χ3v) is 2.99. The molecule has 0 aliphatic heterocycles. The summed E-state index contributed by atoms with van der Waals surface area (Å²) in [7, 11) is 0. The molecule has 2 heterocycles. The summed E-state index contributed by atoms with van der Waals surface area (Å²) in [5, 5.41) is 0. The largest absolute Gasteiger partial charge is 0.335 e. The Morgan fingerprint density at radius 2 is 2.25 bits per heavy atom. The van der Waals surface area contributed by atoms with Crippen LogP contribution in [0, 0.1) is 0 Å². The number of aromatic nitrogens is 3. The second-order valence-corrected chi connectivity index (χ2v) is 4.43. The maximum Gasteiger partial charge on any atom is 0.274 e. The van der Waals surface area contributed by atoms with Crippen LogP contribution < -0.4 is 5.73 Å². The van der Waals surface area contributed by atoms with E-state index in [0.29, 0.717) is 31.9 Å². The SMILES string of the molecule is CCN(Cc1ccccn1)C(=O)c1cn(CCN)cn1. The Kier molecular flexibility index (Phi) is 4.84. The molecule has 2 aromatic heterocycles. The van der Waals surface area contributed by atoms with Crippen molar-refractivity contribution >= 4 is 5.91 Å². The highest BCUT2D eigenvalue weighted by atomic mass is 16.2. The van der Waals surface area contributed by atoms with Crippen molar-refractivity contribution in [1.82, 2.24) is 19.4 Å². The van der Waals surface area contributed by atoms with E-state index in [1.807, 2.05) is 29.7 Å². The van der Waals surface area contributed by atoms with Crippen molar-refractivity contribution in [3.8, 4) is 0 Å². The van der Waals surface area contributed by atoms with Crippen molar-refractivity contribution in [3.05, 3.63) is 48.3 Å². The molecule has 106 valence electrons. The normalized spacial score (nSPS) is 10.5. The highest BCUT2D eigenvalue weighted by Gasteiger charge is 2.17. The minimum absolute atomic E-state index is 0.0890. The lowest BCUT2D eigenvalue weighted by Gasteiger charge is -2.19. The minimum Gasteiger partial charge on any atom is -0.335 e. The van der Waals surface area contributed by atoms with Crippen molar-refractivity contribution < 1.29 is 4.79 Å². The van der Waals surface area contributed by atoms with Crippen molar-refractivity contribution in [1.29, 1.82) is 0 Å². The Labute approximate surface area is 118 Å². The average Bonchev–Trinajstić information content (AvgIpc) is 2.94. The van der Waals surface area contributed by atoms with Gasteiger partial charge in [0.2, 0.25) is 0 Å². The second kappa shape index (κ2) is 6.81. The molecular weight excluding hydrogens is 254 g/mol. The molecule has 0 aliphatic carbocycles. The van der Waals surface area contributed by atoms with Crippen LogP contribution in [0.1, 0.15) is 23.1 Å². The van der Waals surface area contributed by atoms with E-state index in [4.69, 9.17) is 5.73 Å². The van der Waals surface area contributed by atoms with Crippen LogP contribution in [0.3, 0.4) is 0 Å². The summed E-state index contributed by atoms with van der Waals surface area (Å²) in [5.41, 5.74) is 6.79. The van der Waals surface area contributed by atoms with Crippen LogP contribution in [0.5, 0.6) is 0 Å². The number of nitrogens with two attached hydrogens (primary N) is 1. The van der Waals surface area contributed by atoms with E-state index in [-0.39, 0.29) is 5.91 Å². The summed E-state index contributed by atoms with van der Waals surface area (Å²) in [6.07, 6.45) is 5.09. The predicted molar refractivity (Wildman–Crippen MR) is 75.9 cm³/mol. The molecule has 0 spiro atoms. The topological polar surface area (TPSA) is 77.0 Å². The number of pyridine rings is 1. The van der Waals surface area contributed by atoms with Crippen LogP contribution in [-0.4, -0.2) is 38.4 Å². The molecule has 2 N–H and O–H groups in total. The summed E-state index contributed by atoms with van der Waals surface area (Å²) in [4.78, 5) is 22.5. The first-order valence-corrected chi connectivity index (χ1v) is 6.65. The van der Waals surface area contributed by atoms with Crippen LogP contribution in [0.25, 0.3) is 0 Å². The van der Waals surface area contributed by atoms with Gasteiger partial charge in [0.15, 0.2) is 0 Å². The average molecular weight is 273 g/mol. The molecule has 0 atom stereocenters. The van der Waals surface area contributed by atoms with Gasteiger partial charge < -0.3 is 15.2 Å². The van der Waals surface area contributed by atoms with Crippen molar-refractivity contribution in [2.45, 2.75) is 20.0 Å². The molecule has 0 aliphatic rings. The Hall–Kier alpha value is -2.21. The maximum atomic E-state index is 12.4. The zero-order chi connectivity index (χ0) is 14.4.